The fourth-order valence-corrected chi connectivity index (χ4v) is 8.63. The van der Waals surface area contributed by atoms with E-state index in [-0.39, 0.29) is 24.5 Å². The summed E-state index contributed by atoms with van der Waals surface area (Å²) in [6.45, 7) is 9.45. The van der Waals surface area contributed by atoms with Gasteiger partial charge in [0.2, 0.25) is 11.8 Å². The zero-order chi connectivity index (χ0) is 38.8. The molecule has 4 aliphatic heterocycles. The minimum Gasteiger partial charge on any atom is -0.508 e. The Balaban J connectivity index is 0.829. The van der Waals surface area contributed by atoms with E-state index in [1.165, 1.54) is 27.8 Å². The highest BCUT2D eigenvalue weighted by Crippen LogP contribution is 2.36. The van der Waals surface area contributed by atoms with Gasteiger partial charge >= 0.3 is 0 Å². The number of aromatic hydroxyl groups is 1. The van der Waals surface area contributed by atoms with Gasteiger partial charge in [-0.05, 0) is 89.5 Å². The average molecular weight is 753 g/mol. The van der Waals surface area contributed by atoms with Crippen LogP contribution < -0.4 is 15.6 Å². The zero-order valence-corrected chi connectivity index (χ0v) is 31.7. The Bertz CT molecular complexity index is 2140. The van der Waals surface area contributed by atoms with Gasteiger partial charge in [0.1, 0.15) is 11.8 Å². The molecule has 4 aromatic carbocycles. The summed E-state index contributed by atoms with van der Waals surface area (Å²) in [5.41, 5.74) is 12.4. The maximum absolute atomic E-state index is 13.3. The Hall–Kier alpha value is -5.62. The first-order chi connectivity index (χ1) is 27.3. The SMILES string of the molecule is CC/C(=C(\c1ccc(O)cc1)c1ccc(C2CNN(CCCN3CCN(c4ccc5c(c4)C(=O)N(C4CCC(=O)NC4=O)C5=O)CC3)C2)cc1)c1ccccc1. The van der Waals surface area contributed by atoms with Crippen LogP contribution in [0.3, 0.4) is 0 Å². The fraction of sp³-hybridized carbons (Fsp3) is 0.333. The van der Waals surface area contributed by atoms with Gasteiger partial charge in [-0.1, -0.05) is 73.7 Å². The standard InChI is InChI=1S/C45H48N6O5/c1-2-37(31-7-4-3-5-8-31)42(33-13-16-36(52)17-14-33)32-11-9-30(10-12-32)34-28-46-50(29-34)22-6-21-48-23-25-49(26-24-48)35-15-18-38-39(27-35)45(56)51(44(38)55)40-19-20-41(53)47-43(40)54/h3-5,7-18,27,34,40,46,52H,2,6,19-26,28-29H2,1H3,(H,47,53,54)/b42-37+. The van der Waals surface area contributed by atoms with Crippen LogP contribution in [0.25, 0.3) is 11.1 Å². The predicted molar refractivity (Wildman–Crippen MR) is 216 cm³/mol. The first-order valence-corrected chi connectivity index (χ1v) is 19.8. The highest BCUT2D eigenvalue weighted by Gasteiger charge is 2.44. The van der Waals surface area contributed by atoms with Crippen molar-refractivity contribution < 1.29 is 24.3 Å². The number of anilines is 1. The molecule has 11 heteroatoms. The maximum Gasteiger partial charge on any atom is 0.262 e. The quantitative estimate of drug-likeness (QED) is 0.139. The van der Waals surface area contributed by atoms with Crippen LogP contribution in [0.1, 0.15) is 81.5 Å². The summed E-state index contributed by atoms with van der Waals surface area (Å²) in [6, 6.07) is 31.5. The van der Waals surface area contributed by atoms with Crippen LogP contribution in [0, 0.1) is 0 Å². The van der Waals surface area contributed by atoms with Gasteiger partial charge in [-0.15, -0.1) is 0 Å². The molecule has 4 heterocycles. The topological polar surface area (TPSA) is 126 Å². The van der Waals surface area contributed by atoms with Crippen LogP contribution in [0.2, 0.25) is 0 Å². The van der Waals surface area contributed by atoms with Gasteiger partial charge in [-0.2, -0.15) is 0 Å². The molecule has 0 saturated carbocycles. The average Bonchev–Trinajstić information content (AvgIpc) is 3.79. The van der Waals surface area contributed by atoms with Crippen molar-refractivity contribution in [2.45, 2.75) is 44.6 Å². The monoisotopic (exact) mass is 752 g/mol. The van der Waals surface area contributed by atoms with Crippen LogP contribution in [0.5, 0.6) is 5.75 Å². The number of carbonyl (C=O) groups excluding carboxylic acids is 4. The largest absolute Gasteiger partial charge is 0.508 e. The number of allylic oxidation sites excluding steroid dienone is 1. The Kier molecular flexibility index (Phi) is 10.8. The summed E-state index contributed by atoms with van der Waals surface area (Å²) < 4.78 is 0. The number of fused-ring (bicyclic) bond motifs is 1. The van der Waals surface area contributed by atoms with Gasteiger partial charge in [-0.25, -0.2) is 5.01 Å². The lowest BCUT2D eigenvalue weighted by Crippen LogP contribution is -2.54. The van der Waals surface area contributed by atoms with Crippen molar-refractivity contribution in [3.8, 4) is 5.75 Å². The van der Waals surface area contributed by atoms with E-state index in [2.05, 4.69) is 81.0 Å². The van der Waals surface area contributed by atoms with Gasteiger partial charge in [-0.3, -0.25) is 39.7 Å². The van der Waals surface area contributed by atoms with Crippen molar-refractivity contribution in [2.75, 3.05) is 57.3 Å². The number of nitrogens with one attached hydrogen (secondary N) is 2. The Morgan fingerprint density at radius 3 is 2.16 bits per heavy atom. The molecule has 4 aromatic rings. The fourth-order valence-electron chi connectivity index (χ4n) is 8.63. The second kappa shape index (κ2) is 16.2. The molecular weight excluding hydrogens is 705 g/mol. The molecule has 11 nitrogen and oxygen atoms in total. The Morgan fingerprint density at radius 1 is 0.768 bits per heavy atom. The molecule has 3 saturated heterocycles. The summed E-state index contributed by atoms with van der Waals surface area (Å²) in [6.07, 6.45) is 2.17. The van der Waals surface area contributed by atoms with Crippen LogP contribution in [0.15, 0.2) is 97.1 Å². The first kappa shape index (κ1) is 37.3. The molecule has 8 rings (SSSR count). The van der Waals surface area contributed by atoms with Crippen LogP contribution >= 0.6 is 0 Å². The minimum absolute atomic E-state index is 0.0994. The number of phenols is 1. The highest BCUT2D eigenvalue weighted by molar-refractivity contribution is 6.23. The molecule has 0 radical (unpaired) electrons. The van der Waals surface area contributed by atoms with Crippen molar-refractivity contribution in [1.82, 2.24) is 25.6 Å². The molecule has 0 spiro atoms. The zero-order valence-electron chi connectivity index (χ0n) is 31.7. The number of amides is 4. The number of imide groups is 2. The van der Waals surface area contributed by atoms with E-state index < -0.39 is 23.8 Å². The number of piperidine rings is 1. The molecule has 3 fully saturated rings. The summed E-state index contributed by atoms with van der Waals surface area (Å²) in [5, 5.41) is 14.6. The van der Waals surface area contributed by atoms with E-state index in [1.54, 1.807) is 24.3 Å². The molecule has 3 N–H and O–H groups in total. The number of carbonyl (C=O) groups is 4. The van der Waals surface area contributed by atoms with Gasteiger partial charge in [0.15, 0.2) is 0 Å². The smallest absolute Gasteiger partial charge is 0.262 e. The Morgan fingerprint density at radius 2 is 1.46 bits per heavy atom. The second-order valence-electron chi connectivity index (χ2n) is 15.1. The van der Waals surface area contributed by atoms with Crippen LogP contribution in [-0.4, -0.2) is 102 Å². The van der Waals surface area contributed by atoms with Gasteiger partial charge < -0.3 is 10.0 Å². The van der Waals surface area contributed by atoms with E-state index in [0.29, 0.717) is 17.0 Å². The van der Waals surface area contributed by atoms with Crippen LogP contribution in [-0.2, 0) is 9.59 Å². The molecule has 2 unspecified atom stereocenters. The molecule has 0 bridgehead atoms. The normalized spacial score (nSPS) is 21.0. The second-order valence-corrected chi connectivity index (χ2v) is 15.1. The molecule has 0 aliphatic carbocycles. The van der Waals surface area contributed by atoms with E-state index in [0.717, 1.165) is 81.4 Å². The summed E-state index contributed by atoms with van der Waals surface area (Å²) in [7, 11) is 0. The van der Waals surface area contributed by atoms with E-state index in [4.69, 9.17) is 0 Å². The number of nitrogens with zero attached hydrogens (tertiary/aromatic N) is 4. The van der Waals surface area contributed by atoms with Crippen molar-refractivity contribution >= 4 is 40.5 Å². The molecule has 4 aliphatic rings. The molecule has 2 atom stereocenters. The number of hydrazine groups is 1. The van der Waals surface area contributed by atoms with Gasteiger partial charge in [0, 0.05) is 63.8 Å². The lowest BCUT2D eigenvalue weighted by atomic mass is 9.87. The number of piperazine rings is 1. The predicted octanol–water partition coefficient (Wildman–Crippen LogP) is 5.28. The van der Waals surface area contributed by atoms with Gasteiger partial charge in [0.05, 0.1) is 11.1 Å². The van der Waals surface area contributed by atoms with Crippen molar-refractivity contribution in [3.05, 3.63) is 130 Å². The molecule has 288 valence electrons. The highest BCUT2D eigenvalue weighted by atomic mass is 16.3. The van der Waals surface area contributed by atoms with E-state index >= 15 is 0 Å². The van der Waals surface area contributed by atoms with Crippen molar-refractivity contribution in [1.29, 1.82) is 0 Å². The van der Waals surface area contributed by atoms with Gasteiger partial charge in [0.25, 0.3) is 11.8 Å². The first-order valence-electron chi connectivity index (χ1n) is 19.8. The number of phenolic OH excluding ortho intramolecular Hbond substituents is 1. The number of hydrogen-bond donors (Lipinski definition) is 3. The maximum atomic E-state index is 13.3. The van der Waals surface area contributed by atoms with Crippen LogP contribution in [0.4, 0.5) is 5.69 Å². The number of rotatable bonds is 11. The minimum atomic E-state index is -0.964. The Labute approximate surface area is 327 Å². The molecule has 0 aromatic heterocycles. The molecular formula is C45H48N6O5. The third-order valence-corrected chi connectivity index (χ3v) is 11.7. The summed E-state index contributed by atoms with van der Waals surface area (Å²) in [4.78, 5) is 56.2. The number of hydrogen-bond acceptors (Lipinski definition) is 9. The number of benzene rings is 4. The summed E-state index contributed by atoms with van der Waals surface area (Å²) >= 11 is 0. The van der Waals surface area contributed by atoms with E-state index in [1.807, 2.05) is 24.3 Å². The van der Waals surface area contributed by atoms with Crippen molar-refractivity contribution in [2.24, 2.45) is 0 Å². The van der Waals surface area contributed by atoms with Crippen molar-refractivity contribution in [3.63, 3.8) is 0 Å². The molecule has 4 amide bonds. The lowest BCUT2D eigenvalue weighted by Gasteiger charge is -2.36. The summed E-state index contributed by atoms with van der Waals surface area (Å²) in [5.74, 6) is -1.28. The lowest BCUT2D eigenvalue weighted by molar-refractivity contribution is -0.136. The third-order valence-electron chi connectivity index (χ3n) is 11.7. The molecule has 56 heavy (non-hydrogen) atoms. The third kappa shape index (κ3) is 7.62. The van der Waals surface area contributed by atoms with E-state index in [9.17, 15) is 24.3 Å².